The fraction of sp³-hybridized carbons (Fsp3) is 0.400. The molecule has 0 fully saturated rings. The van der Waals surface area contributed by atoms with E-state index in [-0.39, 0.29) is 24.4 Å². The molecule has 7 heteroatoms. The number of halogens is 1. The van der Waals surface area contributed by atoms with Crippen molar-refractivity contribution in [2.75, 3.05) is 6.54 Å². The van der Waals surface area contributed by atoms with E-state index in [1.54, 1.807) is 5.38 Å². The molecule has 1 aromatic rings. The number of carbonyl (C=O) groups is 2. The molecule has 1 atom stereocenters. The molecule has 0 bridgehead atoms. The number of rotatable bonds is 5. The van der Waals surface area contributed by atoms with Gasteiger partial charge in [-0.25, -0.2) is 0 Å². The Morgan fingerprint density at radius 1 is 1.53 bits per heavy atom. The van der Waals surface area contributed by atoms with E-state index in [4.69, 9.17) is 11.5 Å². The molecule has 5 nitrogen and oxygen atoms in total. The molecule has 17 heavy (non-hydrogen) atoms. The van der Waals surface area contributed by atoms with E-state index in [9.17, 15) is 9.59 Å². The minimum atomic E-state index is -0.522. The van der Waals surface area contributed by atoms with Crippen molar-refractivity contribution in [1.29, 1.82) is 0 Å². The van der Waals surface area contributed by atoms with Crippen LogP contribution in [0.15, 0.2) is 11.4 Å². The number of nitrogens with two attached hydrogens (primary N) is 2. The number of primary amides is 1. The molecule has 0 saturated carbocycles. The Morgan fingerprint density at radius 2 is 2.18 bits per heavy atom. The SMILES string of the molecule is CC(N)CCNC(=O)c1cc(C(N)=O)cs1.Cl. The van der Waals surface area contributed by atoms with E-state index < -0.39 is 5.91 Å². The summed E-state index contributed by atoms with van der Waals surface area (Å²) < 4.78 is 0. The van der Waals surface area contributed by atoms with Crippen LogP contribution in [-0.4, -0.2) is 24.4 Å². The van der Waals surface area contributed by atoms with Crippen LogP contribution in [0.25, 0.3) is 0 Å². The lowest BCUT2D eigenvalue weighted by molar-refractivity contribution is 0.0956. The van der Waals surface area contributed by atoms with Gasteiger partial charge in [-0.2, -0.15) is 0 Å². The van der Waals surface area contributed by atoms with Crippen molar-refractivity contribution in [3.8, 4) is 0 Å². The van der Waals surface area contributed by atoms with Gasteiger partial charge in [0.1, 0.15) is 0 Å². The molecule has 2 amide bonds. The van der Waals surface area contributed by atoms with Crippen molar-refractivity contribution in [3.05, 3.63) is 21.9 Å². The van der Waals surface area contributed by atoms with E-state index >= 15 is 0 Å². The fourth-order valence-corrected chi connectivity index (χ4v) is 1.90. The van der Waals surface area contributed by atoms with Gasteiger partial charge in [0.15, 0.2) is 0 Å². The smallest absolute Gasteiger partial charge is 0.261 e. The molecule has 0 aliphatic rings. The molecule has 0 aliphatic carbocycles. The van der Waals surface area contributed by atoms with Gasteiger partial charge >= 0.3 is 0 Å². The first-order chi connectivity index (χ1) is 7.50. The molecule has 0 aromatic carbocycles. The van der Waals surface area contributed by atoms with Gasteiger partial charge in [-0.3, -0.25) is 9.59 Å². The summed E-state index contributed by atoms with van der Waals surface area (Å²) in [6.45, 7) is 2.41. The summed E-state index contributed by atoms with van der Waals surface area (Å²) in [6, 6.07) is 1.55. The maximum Gasteiger partial charge on any atom is 0.261 e. The summed E-state index contributed by atoms with van der Waals surface area (Å²) in [5.41, 5.74) is 11.0. The third-order valence-electron chi connectivity index (χ3n) is 1.99. The third-order valence-corrected chi connectivity index (χ3v) is 2.92. The Bertz CT molecular complexity index is 393. The van der Waals surface area contributed by atoms with Crippen LogP contribution in [0.2, 0.25) is 0 Å². The van der Waals surface area contributed by atoms with Crippen LogP contribution in [-0.2, 0) is 0 Å². The maximum atomic E-state index is 11.6. The first-order valence-electron chi connectivity index (χ1n) is 4.93. The number of amides is 2. The van der Waals surface area contributed by atoms with E-state index in [1.807, 2.05) is 6.92 Å². The average Bonchev–Trinajstić information content (AvgIpc) is 2.65. The van der Waals surface area contributed by atoms with Gasteiger partial charge in [0.25, 0.3) is 5.91 Å². The summed E-state index contributed by atoms with van der Waals surface area (Å²) in [5, 5.41) is 4.29. The molecule has 1 heterocycles. The Kier molecular flexibility index (Phi) is 6.79. The summed E-state index contributed by atoms with van der Waals surface area (Å²) in [6.07, 6.45) is 0.722. The Labute approximate surface area is 110 Å². The van der Waals surface area contributed by atoms with Crippen molar-refractivity contribution in [2.45, 2.75) is 19.4 Å². The molecule has 1 rings (SSSR count). The standard InChI is InChI=1S/C10H15N3O2S.ClH/c1-6(11)2-3-13-10(15)8-4-7(5-16-8)9(12)14;/h4-6H,2-3,11H2,1H3,(H2,12,14)(H,13,15);1H. The van der Waals surface area contributed by atoms with Gasteiger partial charge in [0, 0.05) is 18.0 Å². The van der Waals surface area contributed by atoms with E-state index in [1.165, 1.54) is 17.4 Å². The van der Waals surface area contributed by atoms with Gasteiger partial charge in [0.05, 0.1) is 10.4 Å². The van der Waals surface area contributed by atoms with Crippen LogP contribution in [0, 0.1) is 0 Å². The molecule has 1 unspecified atom stereocenters. The van der Waals surface area contributed by atoms with Gasteiger partial charge in [-0.05, 0) is 19.4 Å². The van der Waals surface area contributed by atoms with Crippen molar-refractivity contribution >= 4 is 35.6 Å². The van der Waals surface area contributed by atoms with Crippen molar-refractivity contribution in [3.63, 3.8) is 0 Å². The maximum absolute atomic E-state index is 11.6. The lowest BCUT2D eigenvalue weighted by Crippen LogP contribution is -2.28. The van der Waals surface area contributed by atoms with Crippen LogP contribution >= 0.6 is 23.7 Å². The molecular formula is C10H16ClN3O2S. The number of thiophene rings is 1. The topological polar surface area (TPSA) is 98.2 Å². The van der Waals surface area contributed by atoms with Crippen LogP contribution in [0.4, 0.5) is 0 Å². The normalized spacial score (nSPS) is 11.4. The van der Waals surface area contributed by atoms with Crippen LogP contribution in [0.5, 0.6) is 0 Å². The van der Waals surface area contributed by atoms with Crippen molar-refractivity contribution in [1.82, 2.24) is 5.32 Å². The Balaban J connectivity index is 0.00000256. The fourth-order valence-electron chi connectivity index (χ4n) is 1.09. The zero-order valence-electron chi connectivity index (χ0n) is 9.43. The predicted octanol–water partition coefficient (Wildman–Crippen LogP) is 0.736. The molecule has 0 radical (unpaired) electrons. The summed E-state index contributed by atoms with van der Waals surface area (Å²) in [5.74, 6) is -0.718. The second kappa shape index (κ2) is 7.26. The van der Waals surface area contributed by atoms with E-state index in [2.05, 4.69) is 5.32 Å². The summed E-state index contributed by atoms with van der Waals surface area (Å²) in [4.78, 5) is 22.9. The van der Waals surface area contributed by atoms with Gasteiger partial charge in [-0.15, -0.1) is 23.7 Å². The largest absolute Gasteiger partial charge is 0.366 e. The number of hydrogen-bond donors (Lipinski definition) is 3. The lowest BCUT2D eigenvalue weighted by Gasteiger charge is -2.05. The van der Waals surface area contributed by atoms with E-state index in [0.29, 0.717) is 17.0 Å². The van der Waals surface area contributed by atoms with Gasteiger partial charge < -0.3 is 16.8 Å². The summed E-state index contributed by atoms with van der Waals surface area (Å²) >= 11 is 1.20. The molecule has 1 aromatic heterocycles. The molecule has 0 spiro atoms. The second-order valence-corrected chi connectivity index (χ2v) is 4.50. The zero-order chi connectivity index (χ0) is 12.1. The van der Waals surface area contributed by atoms with Crippen LogP contribution in [0.1, 0.15) is 33.4 Å². The molecule has 0 aliphatic heterocycles. The molecule has 5 N–H and O–H groups in total. The highest BCUT2D eigenvalue weighted by Gasteiger charge is 2.11. The zero-order valence-corrected chi connectivity index (χ0v) is 11.1. The lowest BCUT2D eigenvalue weighted by atomic mass is 10.2. The highest BCUT2D eigenvalue weighted by Crippen LogP contribution is 2.13. The third kappa shape index (κ3) is 5.16. The Morgan fingerprint density at radius 3 is 2.65 bits per heavy atom. The van der Waals surface area contributed by atoms with E-state index in [0.717, 1.165) is 6.42 Å². The van der Waals surface area contributed by atoms with Crippen LogP contribution in [0.3, 0.4) is 0 Å². The monoisotopic (exact) mass is 277 g/mol. The molecule has 0 saturated heterocycles. The minimum Gasteiger partial charge on any atom is -0.366 e. The first-order valence-corrected chi connectivity index (χ1v) is 5.80. The quantitative estimate of drug-likeness (QED) is 0.740. The molecule has 96 valence electrons. The summed E-state index contributed by atoms with van der Waals surface area (Å²) in [7, 11) is 0. The highest BCUT2D eigenvalue weighted by molar-refractivity contribution is 7.12. The Hall–Kier alpha value is -1.11. The first kappa shape index (κ1) is 15.9. The highest BCUT2D eigenvalue weighted by atomic mass is 35.5. The molecular weight excluding hydrogens is 262 g/mol. The predicted molar refractivity (Wildman–Crippen MR) is 70.7 cm³/mol. The second-order valence-electron chi connectivity index (χ2n) is 3.59. The van der Waals surface area contributed by atoms with Gasteiger partial charge in [-0.1, -0.05) is 0 Å². The van der Waals surface area contributed by atoms with Crippen molar-refractivity contribution in [2.24, 2.45) is 11.5 Å². The number of hydrogen-bond acceptors (Lipinski definition) is 4. The van der Waals surface area contributed by atoms with Gasteiger partial charge in [0.2, 0.25) is 5.91 Å². The van der Waals surface area contributed by atoms with Crippen molar-refractivity contribution < 1.29 is 9.59 Å². The number of nitrogens with one attached hydrogen (secondary N) is 1. The van der Waals surface area contributed by atoms with Crippen LogP contribution < -0.4 is 16.8 Å². The number of carbonyl (C=O) groups excluding carboxylic acids is 2. The minimum absolute atomic E-state index is 0. The average molecular weight is 278 g/mol.